The van der Waals surface area contributed by atoms with Crippen LogP contribution >= 0.6 is 0 Å². The maximum atomic E-state index is 12.1. The van der Waals surface area contributed by atoms with Crippen LogP contribution in [0.3, 0.4) is 0 Å². The van der Waals surface area contributed by atoms with Crippen molar-refractivity contribution < 1.29 is 14.7 Å². The highest BCUT2D eigenvalue weighted by Gasteiger charge is 2.31. The van der Waals surface area contributed by atoms with Crippen molar-refractivity contribution in [2.75, 3.05) is 6.54 Å². The molecule has 1 aliphatic rings. The molecule has 1 aromatic carbocycles. The number of urea groups is 1. The van der Waals surface area contributed by atoms with Gasteiger partial charge in [-0.05, 0) is 30.5 Å². The van der Waals surface area contributed by atoms with Crippen LogP contribution in [0, 0.1) is 11.3 Å². The van der Waals surface area contributed by atoms with Crippen molar-refractivity contribution in [2.45, 2.75) is 31.8 Å². The Morgan fingerprint density at radius 3 is 2.81 bits per heavy atom. The fraction of sp³-hybridized carbons (Fsp3) is 0.400. The number of hydrogen-bond donors (Lipinski definition) is 2. The molecule has 110 valence electrons. The fourth-order valence-electron chi connectivity index (χ4n) is 2.10. The molecule has 0 saturated heterocycles. The summed E-state index contributed by atoms with van der Waals surface area (Å²) in [5.41, 5.74) is 0.935. The zero-order valence-electron chi connectivity index (χ0n) is 11.6. The van der Waals surface area contributed by atoms with Gasteiger partial charge in [0.05, 0.1) is 18.1 Å². The van der Waals surface area contributed by atoms with E-state index in [9.17, 15) is 9.59 Å². The molecule has 1 fully saturated rings. The molecular formula is C15H17N3O3. The van der Waals surface area contributed by atoms with Gasteiger partial charge in [0.1, 0.15) is 0 Å². The number of nitrogens with zero attached hydrogens (tertiary/aromatic N) is 2. The molecule has 2 amide bonds. The van der Waals surface area contributed by atoms with Crippen LogP contribution in [0.4, 0.5) is 4.79 Å². The highest BCUT2D eigenvalue weighted by molar-refractivity contribution is 5.87. The van der Waals surface area contributed by atoms with Gasteiger partial charge in [0.15, 0.2) is 0 Å². The van der Waals surface area contributed by atoms with E-state index in [-0.39, 0.29) is 24.2 Å². The van der Waals surface area contributed by atoms with Gasteiger partial charge in [-0.25, -0.2) is 9.59 Å². The Kier molecular flexibility index (Phi) is 4.77. The van der Waals surface area contributed by atoms with Crippen molar-refractivity contribution >= 4 is 12.0 Å². The normalized spacial score (nSPS) is 13.3. The Bertz CT molecular complexity index is 576. The van der Waals surface area contributed by atoms with Gasteiger partial charge in [-0.3, -0.25) is 0 Å². The second kappa shape index (κ2) is 6.75. The third-order valence-electron chi connectivity index (χ3n) is 3.33. The van der Waals surface area contributed by atoms with Crippen LogP contribution < -0.4 is 5.32 Å². The van der Waals surface area contributed by atoms with E-state index in [1.807, 2.05) is 6.07 Å². The first-order valence-corrected chi connectivity index (χ1v) is 6.85. The average molecular weight is 287 g/mol. The van der Waals surface area contributed by atoms with Crippen LogP contribution in [0.25, 0.3) is 0 Å². The molecular weight excluding hydrogens is 270 g/mol. The summed E-state index contributed by atoms with van der Waals surface area (Å²) >= 11 is 0. The lowest BCUT2D eigenvalue weighted by Gasteiger charge is -2.21. The van der Waals surface area contributed by atoms with Crippen molar-refractivity contribution in [1.29, 1.82) is 5.26 Å². The number of nitriles is 1. The number of carboxylic acid groups (broad SMARTS) is 1. The summed E-state index contributed by atoms with van der Waals surface area (Å²) in [4.78, 5) is 24.7. The molecule has 2 N–H and O–H groups in total. The fourth-order valence-corrected chi connectivity index (χ4v) is 2.10. The molecule has 0 aliphatic heterocycles. The van der Waals surface area contributed by atoms with Gasteiger partial charge < -0.3 is 15.3 Å². The molecule has 0 spiro atoms. The topological polar surface area (TPSA) is 93.4 Å². The number of aromatic carboxylic acids is 1. The summed E-state index contributed by atoms with van der Waals surface area (Å²) in [6.07, 6.45) is 2.28. The number of carboxylic acids is 1. The summed E-state index contributed by atoms with van der Waals surface area (Å²) in [6, 6.07) is 8.55. The first-order chi connectivity index (χ1) is 10.1. The lowest BCUT2D eigenvalue weighted by atomic mass is 10.1. The highest BCUT2D eigenvalue weighted by Crippen LogP contribution is 2.26. The maximum Gasteiger partial charge on any atom is 0.335 e. The van der Waals surface area contributed by atoms with Crippen LogP contribution in [0.2, 0.25) is 0 Å². The number of amides is 2. The summed E-state index contributed by atoms with van der Waals surface area (Å²) in [5, 5.41) is 20.3. The van der Waals surface area contributed by atoms with Gasteiger partial charge in [-0.1, -0.05) is 12.1 Å². The minimum absolute atomic E-state index is 0.199. The molecule has 6 heteroatoms. The van der Waals surface area contributed by atoms with Gasteiger partial charge >= 0.3 is 12.0 Å². The molecule has 21 heavy (non-hydrogen) atoms. The molecule has 0 unspecified atom stereocenters. The zero-order chi connectivity index (χ0) is 15.2. The molecule has 1 saturated carbocycles. The van der Waals surface area contributed by atoms with Crippen molar-refractivity contribution in [1.82, 2.24) is 10.2 Å². The van der Waals surface area contributed by atoms with E-state index in [0.717, 1.165) is 18.4 Å². The highest BCUT2D eigenvalue weighted by atomic mass is 16.4. The summed E-state index contributed by atoms with van der Waals surface area (Å²) in [5.74, 6) is -0.989. The Morgan fingerprint density at radius 2 is 2.19 bits per heavy atom. The lowest BCUT2D eigenvalue weighted by molar-refractivity contribution is 0.0696. The van der Waals surface area contributed by atoms with E-state index >= 15 is 0 Å². The van der Waals surface area contributed by atoms with E-state index in [1.165, 1.54) is 6.07 Å². The van der Waals surface area contributed by atoms with Crippen LogP contribution in [-0.2, 0) is 6.54 Å². The molecule has 1 aliphatic carbocycles. The Morgan fingerprint density at radius 1 is 1.43 bits per heavy atom. The van der Waals surface area contributed by atoms with Crippen LogP contribution in [0.1, 0.15) is 35.2 Å². The lowest BCUT2D eigenvalue weighted by Crippen LogP contribution is -2.41. The number of rotatable bonds is 6. The van der Waals surface area contributed by atoms with Crippen LogP contribution in [0.15, 0.2) is 24.3 Å². The van der Waals surface area contributed by atoms with E-state index in [2.05, 4.69) is 5.32 Å². The predicted octanol–water partition coefficient (Wildman–Crippen LogP) is 1.97. The molecule has 0 radical (unpaired) electrons. The Balaban J connectivity index is 1.92. The molecule has 2 rings (SSSR count). The molecule has 6 nitrogen and oxygen atoms in total. The Hall–Kier alpha value is -2.55. The maximum absolute atomic E-state index is 12.1. The summed E-state index contributed by atoms with van der Waals surface area (Å²) in [7, 11) is 0. The quantitative estimate of drug-likeness (QED) is 0.836. The minimum Gasteiger partial charge on any atom is -0.478 e. The van der Waals surface area contributed by atoms with Crippen molar-refractivity contribution in [2.24, 2.45) is 0 Å². The standard InChI is InChI=1S/C15H17N3O3/c16-7-2-8-18(13-5-6-13)15(21)17-10-11-3-1-4-12(9-11)14(19)20/h1,3-4,9,13H,2,5-6,8,10H2,(H,17,21)(H,19,20). The van der Waals surface area contributed by atoms with Crippen molar-refractivity contribution in [3.63, 3.8) is 0 Å². The largest absolute Gasteiger partial charge is 0.478 e. The van der Waals surface area contributed by atoms with Gasteiger partial charge in [0.2, 0.25) is 0 Å². The smallest absolute Gasteiger partial charge is 0.335 e. The third-order valence-corrected chi connectivity index (χ3v) is 3.33. The average Bonchev–Trinajstić information content (AvgIpc) is 3.30. The zero-order valence-corrected chi connectivity index (χ0v) is 11.6. The molecule has 0 atom stereocenters. The first kappa shape index (κ1) is 14.9. The minimum atomic E-state index is -0.989. The van der Waals surface area contributed by atoms with Crippen molar-refractivity contribution in [3.8, 4) is 6.07 Å². The summed E-state index contributed by atoms with van der Waals surface area (Å²) in [6.45, 7) is 0.706. The molecule has 0 bridgehead atoms. The Labute approximate surface area is 123 Å². The monoisotopic (exact) mass is 287 g/mol. The first-order valence-electron chi connectivity index (χ1n) is 6.85. The van der Waals surface area contributed by atoms with Crippen LogP contribution in [0.5, 0.6) is 0 Å². The van der Waals surface area contributed by atoms with Gasteiger partial charge in [-0.15, -0.1) is 0 Å². The van der Waals surface area contributed by atoms with E-state index in [4.69, 9.17) is 10.4 Å². The van der Waals surface area contributed by atoms with E-state index < -0.39 is 5.97 Å². The van der Waals surface area contributed by atoms with E-state index in [0.29, 0.717) is 13.0 Å². The second-order valence-electron chi connectivity index (χ2n) is 5.00. The number of nitrogens with one attached hydrogen (secondary N) is 1. The second-order valence-corrected chi connectivity index (χ2v) is 5.00. The SMILES string of the molecule is N#CCCN(C(=O)NCc1cccc(C(=O)O)c1)C1CC1. The molecule has 1 aromatic rings. The molecule has 0 aromatic heterocycles. The van der Waals surface area contributed by atoms with Crippen LogP contribution in [-0.4, -0.2) is 34.6 Å². The molecule has 0 heterocycles. The number of benzene rings is 1. The van der Waals surface area contributed by atoms with Gasteiger partial charge in [0, 0.05) is 19.1 Å². The summed E-state index contributed by atoms with van der Waals surface area (Å²) < 4.78 is 0. The third kappa shape index (κ3) is 4.21. The van der Waals surface area contributed by atoms with Crippen molar-refractivity contribution in [3.05, 3.63) is 35.4 Å². The number of carbonyl (C=O) groups is 2. The van der Waals surface area contributed by atoms with E-state index in [1.54, 1.807) is 23.1 Å². The predicted molar refractivity (Wildman–Crippen MR) is 75.6 cm³/mol. The van der Waals surface area contributed by atoms with Gasteiger partial charge in [0.25, 0.3) is 0 Å². The van der Waals surface area contributed by atoms with Gasteiger partial charge in [-0.2, -0.15) is 5.26 Å². The number of carbonyl (C=O) groups excluding carboxylic acids is 1. The number of hydrogen-bond acceptors (Lipinski definition) is 3.